The van der Waals surface area contributed by atoms with Gasteiger partial charge in [0.25, 0.3) is 5.91 Å². The summed E-state index contributed by atoms with van der Waals surface area (Å²) >= 11 is 0. The maximum absolute atomic E-state index is 13.4. The molecule has 3 aliphatic rings. The molecule has 0 aromatic carbocycles. The molecule has 4 atom stereocenters. The summed E-state index contributed by atoms with van der Waals surface area (Å²) in [6.07, 6.45) is -1.28. The number of likely N-dealkylation sites (tertiary alicyclic amines) is 1. The molecule has 3 amide bonds. The van der Waals surface area contributed by atoms with Gasteiger partial charge in [-0.15, -0.1) is 0 Å². The summed E-state index contributed by atoms with van der Waals surface area (Å²) in [5, 5.41) is 15.8. The van der Waals surface area contributed by atoms with Crippen LogP contribution in [0.1, 0.15) is 50.8 Å². The van der Waals surface area contributed by atoms with Crippen LogP contribution in [0, 0.1) is 11.3 Å². The Kier molecular flexibility index (Phi) is 7.37. The number of alkyl halides is 2. The van der Waals surface area contributed by atoms with E-state index >= 15 is 0 Å². The standard InChI is InChI=1S/C24H30F2N4O6/c1-23(25,26)36-12-18(31)16(10-14-5-9-28-20(14)33)29-21(34)17-11-24(6-7-24)13-30(17)22(35)19(32)15-4-2-3-8-27-15/h2-4,8,14,16-17,19,32H,5-7,9-13H2,1H3,(H,28,33)(H,29,34)/t14-,16-,17-,19?/m0/s1. The van der Waals surface area contributed by atoms with Crippen LogP contribution in [0.5, 0.6) is 0 Å². The Labute approximate surface area is 206 Å². The summed E-state index contributed by atoms with van der Waals surface area (Å²) in [7, 11) is 0. The Bertz CT molecular complexity index is 1010. The zero-order chi connectivity index (χ0) is 26.1. The molecule has 1 aromatic heterocycles. The number of aliphatic hydroxyl groups excluding tert-OH is 1. The van der Waals surface area contributed by atoms with Gasteiger partial charge in [-0.1, -0.05) is 6.07 Å². The minimum atomic E-state index is -3.54. The van der Waals surface area contributed by atoms with Gasteiger partial charge in [-0.25, -0.2) is 0 Å². The van der Waals surface area contributed by atoms with Gasteiger partial charge < -0.3 is 25.4 Å². The van der Waals surface area contributed by atoms with Gasteiger partial charge >= 0.3 is 6.11 Å². The number of aromatic nitrogens is 1. The third kappa shape index (κ3) is 6.04. The molecule has 1 spiro atoms. The van der Waals surface area contributed by atoms with Crippen molar-refractivity contribution in [2.24, 2.45) is 11.3 Å². The number of carbonyl (C=O) groups is 4. The highest BCUT2D eigenvalue weighted by atomic mass is 19.3. The predicted octanol–water partition coefficient (Wildman–Crippen LogP) is 0.706. The van der Waals surface area contributed by atoms with Crippen LogP contribution in [0.15, 0.2) is 24.4 Å². The maximum Gasteiger partial charge on any atom is 0.353 e. The second-order valence-electron chi connectivity index (χ2n) is 9.98. The van der Waals surface area contributed by atoms with E-state index in [2.05, 4.69) is 20.4 Å². The van der Waals surface area contributed by atoms with Crippen LogP contribution >= 0.6 is 0 Å². The second-order valence-corrected chi connectivity index (χ2v) is 9.98. The highest BCUT2D eigenvalue weighted by Crippen LogP contribution is 2.55. The minimum absolute atomic E-state index is 0.0720. The molecule has 1 aliphatic carbocycles. The molecule has 3 N–H and O–H groups in total. The molecule has 1 saturated carbocycles. The molecule has 4 rings (SSSR count). The number of aliphatic hydroxyl groups is 1. The van der Waals surface area contributed by atoms with E-state index in [-0.39, 0.29) is 30.0 Å². The highest BCUT2D eigenvalue weighted by Gasteiger charge is 2.56. The fraction of sp³-hybridized carbons (Fsp3) is 0.625. The summed E-state index contributed by atoms with van der Waals surface area (Å²) < 4.78 is 30.7. The molecule has 196 valence electrons. The molecule has 36 heavy (non-hydrogen) atoms. The van der Waals surface area contributed by atoms with Gasteiger partial charge in [0.2, 0.25) is 11.8 Å². The van der Waals surface area contributed by atoms with Crippen LogP contribution < -0.4 is 10.6 Å². The van der Waals surface area contributed by atoms with Crippen molar-refractivity contribution in [2.45, 2.75) is 63.3 Å². The molecule has 3 fully saturated rings. The smallest absolute Gasteiger partial charge is 0.353 e. The van der Waals surface area contributed by atoms with E-state index in [4.69, 9.17) is 0 Å². The molecule has 12 heteroatoms. The van der Waals surface area contributed by atoms with E-state index in [1.54, 1.807) is 12.1 Å². The minimum Gasteiger partial charge on any atom is -0.377 e. The molecule has 10 nitrogen and oxygen atoms in total. The van der Waals surface area contributed by atoms with Gasteiger partial charge in [-0.3, -0.25) is 24.2 Å². The van der Waals surface area contributed by atoms with E-state index in [1.165, 1.54) is 17.2 Å². The first-order valence-electron chi connectivity index (χ1n) is 12.0. The van der Waals surface area contributed by atoms with Gasteiger partial charge in [0.15, 0.2) is 11.9 Å². The average molecular weight is 509 g/mol. The molecule has 1 unspecified atom stereocenters. The zero-order valence-corrected chi connectivity index (χ0v) is 19.9. The Morgan fingerprint density at radius 1 is 1.36 bits per heavy atom. The van der Waals surface area contributed by atoms with E-state index < -0.39 is 54.4 Å². The summed E-state index contributed by atoms with van der Waals surface area (Å²) in [6, 6.07) is 2.58. The zero-order valence-electron chi connectivity index (χ0n) is 19.9. The second kappa shape index (κ2) is 10.2. The van der Waals surface area contributed by atoms with E-state index in [0.717, 1.165) is 12.8 Å². The lowest BCUT2D eigenvalue weighted by Crippen LogP contribution is -2.53. The third-order valence-corrected chi connectivity index (χ3v) is 7.11. The van der Waals surface area contributed by atoms with Crippen molar-refractivity contribution in [1.82, 2.24) is 20.5 Å². The van der Waals surface area contributed by atoms with Crippen molar-refractivity contribution < 1.29 is 37.8 Å². The number of ketones is 1. The molecular formula is C24H30F2N4O6. The van der Waals surface area contributed by atoms with E-state index in [0.29, 0.717) is 26.3 Å². The number of ether oxygens (including phenoxy) is 1. The van der Waals surface area contributed by atoms with Crippen LogP contribution in [-0.4, -0.2) is 76.4 Å². The Balaban J connectivity index is 1.49. The fourth-order valence-corrected chi connectivity index (χ4v) is 4.87. The number of amides is 3. The van der Waals surface area contributed by atoms with Crippen molar-refractivity contribution >= 4 is 23.5 Å². The predicted molar refractivity (Wildman–Crippen MR) is 120 cm³/mol. The normalized spacial score (nSPS) is 24.3. The van der Waals surface area contributed by atoms with Gasteiger partial charge in [0.1, 0.15) is 12.6 Å². The Morgan fingerprint density at radius 3 is 2.69 bits per heavy atom. The Morgan fingerprint density at radius 2 is 2.11 bits per heavy atom. The molecule has 2 saturated heterocycles. The van der Waals surface area contributed by atoms with Gasteiger partial charge in [-0.05, 0) is 49.7 Å². The molecule has 1 aromatic rings. The Hall–Kier alpha value is -2.99. The lowest BCUT2D eigenvalue weighted by atomic mass is 9.95. The third-order valence-electron chi connectivity index (χ3n) is 7.11. The van der Waals surface area contributed by atoms with Crippen molar-refractivity contribution in [3.63, 3.8) is 0 Å². The number of carbonyl (C=O) groups excluding carboxylic acids is 4. The lowest BCUT2D eigenvalue weighted by molar-refractivity contribution is -0.223. The van der Waals surface area contributed by atoms with Gasteiger partial charge in [0.05, 0.1) is 11.7 Å². The molecule has 3 heterocycles. The first kappa shape index (κ1) is 26.1. The first-order chi connectivity index (χ1) is 17.0. The molecule has 0 radical (unpaired) electrons. The fourth-order valence-electron chi connectivity index (χ4n) is 4.87. The number of nitrogens with zero attached hydrogens (tertiary/aromatic N) is 2. The number of halogens is 2. The molecular weight excluding hydrogens is 478 g/mol. The number of hydrogen-bond acceptors (Lipinski definition) is 7. The van der Waals surface area contributed by atoms with Crippen molar-refractivity contribution in [1.29, 1.82) is 0 Å². The molecule has 0 bridgehead atoms. The SMILES string of the molecule is CC(F)(F)OCC(=O)[C@H](C[C@@H]1CCNC1=O)NC(=O)[C@@H]1CC2(CC2)CN1C(=O)C(O)c1ccccn1. The number of hydrogen-bond donors (Lipinski definition) is 3. The first-order valence-corrected chi connectivity index (χ1v) is 12.0. The number of Topliss-reactive ketones (excluding diaryl/α,β-unsaturated/α-hetero) is 1. The van der Waals surface area contributed by atoms with Gasteiger partial charge in [-0.2, -0.15) is 8.78 Å². The topological polar surface area (TPSA) is 138 Å². The van der Waals surface area contributed by atoms with Crippen LogP contribution in [0.4, 0.5) is 8.78 Å². The maximum atomic E-state index is 13.4. The van der Waals surface area contributed by atoms with Crippen LogP contribution in [-0.2, 0) is 23.9 Å². The van der Waals surface area contributed by atoms with Crippen LogP contribution in [0.2, 0.25) is 0 Å². The van der Waals surface area contributed by atoms with Crippen molar-refractivity contribution in [3.8, 4) is 0 Å². The van der Waals surface area contributed by atoms with Crippen LogP contribution in [0.3, 0.4) is 0 Å². The summed E-state index contributed by atoms with van der Waals surface area (Å²) in [5.74, 6) is -2.96. The quantitative estimate of drug-likeness (QED) is 0.423. The number of rotatable bonds is 10. The van der Waals surface area contributed by atoms with Gasteiger partial charge in [0, 0.05) is 32.1 Å². The summed E-state index contributed by atoms with van der Waals surface area (Å²) in [5.41, 5.74) is -0.0731. The van der Waals surface area contributed by atoms with Crippen molar-refractivity contribution in [3.05, 3.63) is 30.1 Å². The largest absolute Gasteiger partial charge is 0.377 e. The van der Waals surface area contributed by atoms with Crippen molar-refractivity contribution in [2.75, 3.05) is 19.7 Å². The van der Waals surface area contributed by atoms with Crippen LogP contribution in [0.25, 0.3) is 0 Å². The number of nitrogens with one attached hydrogen (secondary N) is 2. The van der Waals surface area contributed by atoms with E-state index in [9.17, 15) is 33.1 Å². The summed E-state index contributed by atoms with van der Waals surface area (Å²) in [4.78, 5) is 56.7. The highest BCUT2D eigenvalue weighted by molar-refractivity contribution is 5.95. The monoisotopic (exact) mass is 508 g/mol. The molecule has 2 aliphatic heterocycles. The average Bonchev–Trinajstić information content (AvgIpc) is 3.30. The number of pyridine rings is 1. The summed E-state index contributed by atoms with van der Waals surface area (Å²) in [6.45, 7) is 0.254. The lowest BCUT2D eigenvalue weighted by Gasteiger charge is -2.28. The van der Waals surface area contributed by atoms with E-state index in [1.807, 2.05) is 0 Å².